The Labute approximate surface area is 353 Å². The van der Waals surface area contributed by atoms with E-state index in [0.29, 0.717) is 61.9 Å². The Hall–Kier alpha value is -5.69. The molecule has 0 aliphatic carbocycles. The molecule has 6 aliphatic rings. The van der Waals surface area contributed by atoms with Crippen molar-refractivity contribution in [2.45, 2.75) is 63.7 Å². The Balaban J connectivity index is 0.707. The molecule has 61 heavy (non-hydrogen) atoms. The topological polar surface area (TPSA) is 136 Å². The summed E-state index contributed by atoms with van der Waals surface area (Å²) in [4.78, 5) is 67.3. The summed E-state index contributed by atoms with van der Waals surface area (Å²) in [6.07, 6.45) is 1.86. The van der Waals surface area contributed by atoms with Gasteiger partial charge in [0.2, 0.25) is 11.8 Å². The van der Waals surface area contributed by atoms with Gasteiger partial charge in [-0.2, -0.15) is 18.4 Å². The number of nitriles is 1. The number of nitrogens with one attached hydrogen (secondary N) is 1. The van der Waals surface area contributed by atoms with E-state index in [1.165, 1.54) is 6.20 Å². The molecule has 9 rings (SSSR count). The van der Waals surface area contributed by atoms with E-state index >= 15 is 0 Å². The first-order valence-electron chi connectivity index (χ1n) is 21.5. The van der Waals surface area contributed by atoms with Crippen LogP contribution in [0, 0.1) is 22.7 Å². The Morgan fingerprint density at radius 3 is 2.20 bits per heavy atom. The molecule has 0 saturated carbocycles. The van der Waals surface area contributed by atoms with Gasteiger partial charge < -0.3 is 24.5 Å². The summed E-state index contributed by atoms with van der Waals surface area (Å²) >= 11 is 0. The van der Waals surface area contributed by atoms with Gasteiger partial charge in [-0.05, 0) is 104 Å². The molecule has 0 bridgehead atoms. The van der Waals surface area contributed by atoms with E-state index in [9.17, 15) is 32.3 Å². The number of aromatic nitrogens is 1. The third-order valence-electron chi connectivity index (χ3n) is 14.1. The number of benzene rings is 2. The zero-order valence-corrected chi connectivity index (χ0v) is 34.1. The van der Waals surface area contributed by atoms with Gasteiger partial charge in [0.25, 0.3) is 11.8 Å². The quantitative estimate of drug-likeness (QED) is 0.328. The second-order valence-corrected chi connectivity index (χ2v) is 17.7. The zero-order chi connectivity index (χ0) is 42.5. The number of piperazine rings is 1. The number of hydrogen-bond donors (Lipinski definition) is 1. The maximum Gasteiger partial charge on any atom is 0.419 e. The van der Waals surface area contributed by atoms with Crippen molar-refractivity contribution >= 4 is 40.7 Å². The first-order chi connectivity index (χ1) is 29.4. The van der Waals surface area contributed by atoms with Gasteiger partial charge in [-0.1, -0.05) is 0 Å². The maximum atomic E-state index is 13.6. The Morgan fingerprint density at radius 1 is 0.820 bits per heavy atom. The number of nitrogens with zero attached hydrogens (tertiary/aromatic N) is 8. The van der Waals surface area contributed by atoms with Crippen LogP contribution in [0.3, 0.4) is 0 Å². The number of halogens is 3. The van der Waals surface area contributed by atoms with Gasteiger partial charge in [0, 0.05) is 107 Å². The van der Waals surface area contributed by atoms with Crippen molar-refractivity contribution in [3.63, 3.8) is 0 Å². The van der Waals surface area contributed by atoms with Crippen molar-refractivity contribution in [3.05, 3.63) is 82.7 Å². The van der Waals surface area contributed by atoms with Crippen LogP contribution in [0.25, 0.3) is 0 Å². The van der Waals surface area contributed by atoms with Crippen molar-refractivity contribution in [2.75, 3.05) is 86.7 Å². The molecule has 6 aliphatic heterocycles. The summed E-state index contributed by atoms with van der Waals surface area (Å²) in [7, 11) is 0. The van der Waals surface area contributed by atoms with E-state index in [0.717, 1.165) is 101 Å². The molecule has 4 amide bonds. The van der Waals surface area contributed by atoms with Gasteiger partial charge in [0.15, 0.2) is 5.69 Å². The number of hydrogen-bond acceptors (Lipinski definition) is 10. The number of pyridine rings is 1. The molecule has 1 N–H and O–H groups in total. The van der Waals surface area contributed by atoms with Crippen LogP contribution in [0.15, 0.2) is 54.7 Å². The highest BCUT2D eigenvalue weighted by Gasteiger charge is 2.43. The molecule has 7 heterocycles. The average molecular weight is 838 g/mol. The monoisotopic (exact) mass is 837 g/mol. The standard InChI is InChI=1S/C45H50F3N9O4/c46-45(47,48)37-24-35(26-50-38(37)25-49)56-18-13-44(29-56)11-16-55(17-12-44)42(60)31-1-3-33(4-2-31)54-21-19-52(20-22-54)27-30-9-14-53(15-10-30)34-5-6-36-32(23-34)28-57(43(36)61)39-7-8-40(58)51-41(39)59/h1-6,23-24,26,30,39H,7-22,27-29H2,(H,51,58,59). The van der Waals surface area contributed by atoms with Crippen molar-refractivity contribution in [1.82, 2.24) is 25.0 Å². The van der Waals surface area contributed by atoms with Crippen LogP contribution in [0.5, 0.6) is 0 Å². The van der Waals surface area contributed by atoms with E-state index in [1.807, 2.05) is 46.2 Å². The van der Waals surface area contributed by atoms with Gasteiger partial charge in [0.1, 0.15) is 12.1 Å². The molecule has 5 fully saturated rings. The summed E-state index contributed by atoms with van der Waals surface area (Å²) in [5.41, 5.74) is 3.10. The summed E-state index contributed by atoms with van der Waals surface area (Å²) < 4.78 is 40.7. The smallest absolute Gasteiger partial charge is 0.372 e. The van der Waals surface area contributed by atoms with E-state index in [-0.39, 0.29) is 29.6 Å². The van der Waals surface area contributed by atoms with E-state index < -0.39 is 29.4 Å². The summed E-state index contributed by atoms with van der Waals surface area (Å²) in [5, 5.41) is 11.5. The number of anilines is 3. The lowest BCUT2D eigenvalue weighted by atomic mass is 9.77. The second kappa shape index (κ2) is 16.3. The molecular formula is C45H50F3N9O4. The Bertz CT molecular complexity index is 2240. The molecule has 1 aromatic heterocycles. The summed E-state index contributed by atoms with van der Waals surface area (Å²) in [6, 6.07) is 15.9. The number of carbonyl (C=O) groups excluding carboxylic acids is 4. The number of piperidine rings is 3. The number of carbonyl (C=O) groups is 4. The van der Waals surface area contributed by atoms with Crippen molar-refractivity contribution in [3.8, 4) is 6.07 Å². The molecule has 13 nitrogen and oxygen atoms in total. The second-order valence-electron chi connectivity index (χ2n) is 17.7. The molecule has 16 heteroatoms. The lowest BCUT2D eigenvalue weighted by Gasteiger charge is -2.40. The van der Waals surface area contributed by atoms with Gasteiger partial charge in [-0.15, -0.1) is 0 Å². The fourth-order valence-corrected chi connectivity index (χ4v) is 10.4. The number of rotatable bonds is 7. The maximum absolute atomic E-state index is 13.6. The minimum absolute atomic E-state index is 0.000861. The SMILES string of the molecule is N#Cc1ncc(N2CCC3(CCN(C(=O)c4ccc(N5CCN(CC6CCN(c7ccc8c(c7)CN(C7CCC(=O)NC7=O)C8=O)CC6)CC5)cc4)CC3)C2)cc1C(F)(F)F. The molecule has 0 radical (unpaired) electrons. The van der Waals surface area contributed by atoms with Gasteiger partial charge in [0.05, 0.1) is 17.4 Å². The fourth-order valence-electron chi connectivity index (χ4n) is 10.4. The summed E-state index contributed by atoms with van der Waals surface area (Å²) in [5.74, 6) is -0.223. The van der Waals surface area contributed by atoms with Crippen molar-refractivity contribution in [1.29, 1.82) is 5.26 Å². The van der Waals surface area contributed by atoms with Crippen LogP contribution < -0.4 is 20.0 Å². The predicted octanol–water partition coefficient (Wildman–Crippen LogP) is 4.90. The van der Waals surface area contributed by atoms with Crippen LogP contribution in [-0.4, -0.2) is 121 Å². The van der Waals surface area contributed by atoms with Crippen LogP contribution in [0.2, 0.25) is 0 Å². The molecule has 1 spiro atoms. The largest absolute Gasteiger partial charge is 0.419 e. The van der Waals surface area contributed by atoms with E-state index in [4.69, 9.17) is 5.26 Å². The fraction of sp³-hybridized carbons (Fsp3) is 0.511. The molecule has 3 aromatic rings. The van der Waals surface area contributed by atoms with Crippen LogP contribution in [0.1, 0.15) is 82.5 Å². The van der Waals surface area contributed by atoms with Crippen molar-refractivity contribution < 1.29 is 32.3 Å². The van der Waals surface area contributed by atoms with Gasteiger partial charge in [-0.3, -0.25) is 29.4 Å². The van der Waals surface area contributed by atoms with Crippen molar-refractivity contribution in [2.24, 2.45) is 11.3 Å². The Kier molecular flexibility index (Phi) is 10.9. The van der Waals surface area contributed by atoms with Gasteiger partial charge >= 0.3 is 6.18 Å². The van der Waals surface area contributed by atoms with E-state index in [1.54, 1.807) is 11.0 Å². The molecule has 320 valence electrons. The molecule has 1 atom stereocenters. The number of imide groups is 1. The minimum atomic E-state index is -4.65. The normalized spacial score (nSPS) is 22.5. The number of alkyl halides is 3. The lowest BCUT2D eigenvalue weighted by Crippen LogP contribution is -2.52. The average Bonchev–Trinajstić information content (AvgIpc) is 3.83. The summed E-state index contributed by atoms with van der Waals surface area (Å²) in [6.45, 7) is 9.51. The van der Waals surface area contributed by atoms with Crippen LogP contribution in [-0.2, 0) is 22.3 Å². The highest BCUT2D eigenvalue weighted by atomic mass is 19.4. The van der Waals surface area contributed by atoms with Crippen LogP contribution in [0.4, 0.5) is 30.2 Å². The molecular weight excluding hydrogens is 788 g/mol. The third kappa shape index (κ3) is 8.24. The molecule has 5 saturated heterocycles. The zero-order valence-electron chi connectivity index (χ0n) is 34.1. The first kappa shape index (κ1) is 40.7. The minimum Gasteiger partial charge on any atom is -0.372 e. The predicted molar refractivity (Wildman–Crippen MR) is 221 cm³/mol. The van der Waals surface area contributed by atoms with Gasteiger partial charge in [-0.25, -0.2) is 4.98 Å². The van der Waals surface area contributed by atoms with E-state index in [2.05, 4.69) is 31.1 Å². The first-order valence-corrected chi connectivity index (χ1v) is 21.5. The Morgan fingerprint density at radius 2 is 1.51 bits per heavy atom. The highest BCUT2D eigenvalue weighted by molar-refractivity contribution is 6.05. The third-order valence-corrected chi connectivity index (χ3v) is 14.1. The number of fused-ring (bicyclic) bond motifs is 1. The van der Waals surface area contributed by atoms with Crippen LogP contribution >= 0.6 is 0 Å². The molecule has 1 unspecified atom stereocenters. The molecule has 2 aromatic carbocycles. The lowest BCUT2D eigenvalue weighted by molar-refractivity contribution is -0.138. The highest BCUT2D eigenvalue weighted by Crippen LogP contribution is 2.43. The number of likely N-dealkylation sites (tertiary alicyclic amines) is 1. The number of amides is 4.